The number of fused-ring (bicyclic) bond motifs is 1. The number of carbonyl (C=O) groups is 1. The third-order valence-electron chi connectivity index (χ3n) is 3.62. The zero-order valence-corrected chi connectivity index (χ0v) is 11.6. The highest BCUT2D eigenvalue weighted by molar-refractivity contribution is 5.78. The second-order valence-electron chi connectivity index (χ2n) is 5.12. The van der Waals surface area contributed by atoms with Crippen molar-refractivity contribution in [1.82, 2.24) is 15.5 Å². The van der Waals surface area contributed by atoms with Gasteiger partial charge in [0.05, 0.1) is 12.1 Å². The van der Waals surface area contributed by atoms with Gasteiger partial charge in [-0.1, -0.05) is 0 Å². The summed E-state index contributed by atoms with van der Waals surface area (Å²) in [6.07, 6.45) is 5.33. The predicted octanol–water partition coefficient (Wildman–Crippen LogP) is 0.0799. The first-order valence-corrected chi connectivity index (χ1v) is 7.19. The van der Waals surface area contributed by atoms with Crippen molar-refractivity contribution in [2.45, 2.75) is 44.9 Å². The lowest BCUT2D eigenvalue weighted by atomic mass is 9.91. The van der Waals surface area contributed by atoms with Gasteiger partial charge in [-0.3, -0.25) is 9.59 Å². The van der Waals surface area contributed by atoms with E-state index in [1.54, 1.807) is 0 Å². The van der Waals surface area contributed by atoms with Gasteiger partial charge in [0, 0.05) is 18.7 Å². The van der Waals surface area contributed by atoms with E-state index in [-0.39, 0.29) is 24.5 Å². The minimum absolute atomic E-state index is 0.0877. The Balaban J connectivity index is 1.99. The van der Waals surface area contributed by atoms with E-state index < -0.39 is 0 Å². The molecule has 110 valence electrons. The van der Waals surface area contributed by atoms with Crippen LogP contribution in [0, 0.1) is 0 Å². The molecule has 20 heavy (non-hydrogen) atoms. The fourth-order valence-corrected chi connectivity index (χ4v) is 2.55. The normalized spacial score (nSPS) is 13.8. The van der Waals surface area contributed by atoms with Crippen molar-refractivity contribution in [1.29, 1.82) is 0 Å². The van der Waals surface area contributed by atoms with Crippen LogP contribution in [0.25, 0.3) is 0 Å². The van der Waals surface area contributed by atoms with Gasteiger partial charge in [-0.2, -0.15) is 5.10 Å². The van der Waals surface area contributed by atoms with Crippen LogP contribution in [0.5, 0.6) is 0 Å². The summed E-state index contributed by atoms with van der Waals surface area (Å²) in [4.78, 5) is 23.5. The largest absolute Gasteiger partial charge is 0.396 e. The summed E-state index contributed by atoms with van der Waals surface area (Å²) in [5.41, 5.74) is 2.34. The molecule has 3 N–H and O–H groups in total. The zero-order chi connectivity index (χ0) is 14.4. The number of hydrogen-bond donors (Lipinski definition) is 3. The highest BCUT2D eigenvalue weighted by atomic mass is 16.3. The molecular weight excluding hydrogens is 258 g/mol. The first-order chi connectivity index (χ1) is 9.72. The number of aromatic nitrogens is 2. The molecule has 0 aromatic carbocycles. The molecule has 0 fully saturated rings. The summed E-state index contributed by atoms with van der Waals surface area (Å²) in [6.45, 7) is 0.704. The molecule has 1 aliphatic rings. The third kappa shape index (κ3) is 3.66. The van der Waals surface area contributed by atoms with Gasteiger partial charge in [-0.05, 0) is 44.1 Å². The Bertz CT molecular complexity index is 525. The number of aliphatic hydroxyl groups is 1. The number of unbranched alkanes of at least 4 members (excludes halogenated alkanes) is 1. The fourth-order valence-electron chi connectivity index (χ4n) is 2.55. The summed E-state index contributed by atoms with van der Waals surface area (Å²) in [6, 6.07) is 0. The summed E-state index contributed by atoms with van der Waals surface area (Å²) in [7, 11) is 0. The lowest BCUT2D eigenvalue weighted by molar-refractivity contribution is -0.120. The molecule has 0 saturated heterocycles. The summed E-state index contributed by atoms with van der Waals surface area (Å²) in [5.74, 6) is -0.0877. The molecular formula is C14H21N3O3. The Kier molecular flexibility index (Phi) is 5.29. The Morgan fingerprint density at radius 2 is 2.00 bits per heavy atom. The minimum Gasteiger partial charge on any atom is -0.396 e. The lowest BCUT2D eigenvalue weighted by Crippen LogP contribution is -2.29. The van der Waals surface area contributed by atoms with Gasteiger partial charge in [0.1, 0.15) is 0 Å². The number of hydrogen-bond acceptors (Lipinski definition) is 4. The first kappa shape index (κ1) is 14.7. The number of amides is 1. The molecule has 0 atom stereocenters. The smallest absolute Gasteiger partial charge is 0.267 e. The second kappa shape index (κ2) is 7.19. The summed E-state index contributed by atoms with van der Waals surface area (Å²) in [5, 5.41) is 18.0. The second-order valence-corrected chi connectivity index (χ2v) is 5.12. The maximum atomic E-state index is 11.8. The molecule has 1 aliphatic carbocycles. The number of aliphatic hydroxyl groups excluding tert-OH is 1. The van der Waals surface area contributed by atoms with Crippen LogP contribution in [0.3, 0.4) is 0 Å². The van der Waals surface area contributed by atoms with Crippen LogP contribution < -0.4 is 10.9 Å². The fraction of sp³-hybridized carbons (Fsp3) is 0.643. The number of nitrogens with zero attached hydrogens (tertiary/aromatic N) is 1. The summed E-state index contributed by atoms with van der Waals surface area (Å²) < 4.78 is 0. The van der Waals surface area contributed by atoms with Crippen molar-refractivity contribution < 1.29 is 9.90 Å². The van der Waals surface area contributed by atoms with Crippen molar-refractivity contribution in [2.24, 2.45) is 0 Å². The molecule has 0 aliphatic heterocycles. The highest BCUT2D eigenvalue weighted by Crippen LogP contribution is 2.20. The van der Waals surface area contributed by atoms with Gasteiger partial charge in [0.2, 0.25) is 5.91 Å². The number of H-pyrrole nitrogens is 1. The van der Waals surface area contributed by atoms with Gasteiger partial charge in [-0.15, -0.1) is 0 Å². The molecule has 0 spiro atoms. The minimum atomic E-state index is -0.119. The van der Waals surface area contributed by atoms with E-state index in [2.05, 4.69) is 15.5 Å². The van der Waals surface area contributed by atoms with E-state index in [1.165, 1.54) is 0 Å². The monoisotopic (exact) mass is 279 g/mol. The van der Waals surface area contributed by atoms with Gasteiger partial charge < -0.3 is 10.4 Å². The molecule has 0 radical (unpaired) electrons. The van der Waals surface area contributed by atoms with Crippen LogP contribution in [0.2, 0.25) is 0 Å². The van der Waals surface area contributed by atoms with Crippen molar-refractivity contribution in [3.05, 3.63) is 27.2 Å². The first-order valence-electron chi connectivity index (χ1n) is 7.19. The van der Waals surface area contributed by atoms with Gasteiger partial charge in [0.15, 0.2) is 0 Å². The van der Waals surface area contributed by atoms with Crippen molar-refractivity contribution in [2.75, 3.05) is 13.2 Å². The topological polar surface area (TPSA) is 95.1 Å². The highest BCUT2D eigenvalue weighted by Gasteiger charge is 2.19. The third-order valence-corrected chi connectivity index (χ3v) is 3.62. The van der Waals surface area contributed by atoms with E-state index in [0.29, 0.717) is 18.7 Å². The van der Waals surface area contributed by atoms with Crippen molar-refractivity contribution in [3.8, 4) is 0 Å². The van der Waals surface area contributed by atoms with E-state index >= 15 is 0 Å². The van der Waals surface area contributed by atoms with Gasteiger partial charge in [0.25, 0.3) is 5.56 Å². The molecule has 1 heterocycles. The van der Waals surface area contributed by atoms with Crippen LogP contribution in [-0.2, 0) is 24.1 Å². The number of carbonyl (C=O) groups excluding carboxylic acids is 1. The van der Waals surface area contributed by atoms with Crippen LogP contribution in [-0.4, -0.2) is 34.4 Å². The van der Waals surface area contributed by atoms with Gasteiger partial charge in [-0.25, -0.2) is 5.10 Å². The lowest BCUT2D eigenvalue weighted by Gasteiger charge is -2.17. The van der Waals surface area contributed by atoms with Crippen molar-refractivity contribution >= 4 is 5.91 Å². The van der Waals surface area contributed by atoms with E-state index in [9.17, 15) is 9.59 Å². The molecule has 1 aromatic rings. The quantitative estimate of drug-likeness (QED) is 0.643. The van der Waals surface area contributed by atoms with Crippen molar-refractivity contribution in [3.63, 3.8) is 0 Å². The molecule has 0 bridgehead atoms. The van der Waals surface area contributed by atoms with E-state index in [1.807, 2.05) is 0 Å². The molecule has 0 saturated carbocycles. The van der Waals surface area contributed by atoms with Gasteiger partial charge >= 0.3 is 0 Å². The maximum absolute atomic E-state index is 11.8. The van der Waals surface area contributed by atoms with Crippen LogP contribution in [0.1, 0.15) is 42.5 Å². The predicted molar refractivity (Wildman–Crippen MR) is 74.5 cm³/mol. The number of rotatable bonds is 6. The zero-order valence-electron chi connectivity index (χ0n) is 11.6. The van der Waals surface area contributed by atoms with Crippen LogP contribution in [0.4, 0.5) is 0 Å². The maximum Gasteiger partial charge on any atom is 0.267 e. The molecule has 1 amide bonds. The molecule has 6 heteroatoms. The Labute approximate surface area is 117 Å². The SMILES string of the molecule is O=C(Cc1n[nH]c(=O)c2c1CCCC2)NCCCCO. The molecule has 1 aromatic heterocycles. The average molecular weight is 279 g/mol. The number of nitrogens with one attached hydrogen (secondary N) is 2. The molecule has 2 rings (SSSR count). The standard InChI is InChI=1S/C14H21N3O3/c18-8-4-3-7-15-13(19)9-12-10-5-1-2-6-11(10)14(20)17-16-12/h18H,1-9H2,(H,15,19)(H,17,20). The van der Waals surface area contributed by atoms with E-state index in [4.69, 9.17) is 5.11 Å². The Morgan fingerprint density at radius 3 is 2.75 bits per heavy atom. The molecule has 6 nitrogen and oxygen atoms in total. The van der Waals surface area contributed by atoms with Crippen LogP contribution in [0.15, 0.2) is 4.79 Å². The Hall–Kier alpha value is -1.69. The van der Waals surface area contributed by atoms with Crippen LogP contribution >= 0.6 is 0 Å². The summed E-state index contributed by atoms with van der Waals surface area (Å²) >= 11 is 0. The molecule has 0 unspecified atom stereocenters. The average Bonchev–Trinajstić information content (AvgIpc) is 2.47. The van der Waals surface area contributed by atoms with E-state index in [0.717, 1.165) is 43.2 Å². The number of aromatic amines is 1. The Morgan fingerprint density at radius 1 is 1.25 bits per heavy atom.